The fourth-order valence-electron chi connectivity index (χ4n) is 1.48. The summed E-state index contributed by atoms with van der Waals surface area (Å²) < 4.78 is 31.3. The molecule has 19 heavy (non-hydrogen) atoms. The van der Waals surface area contributed by atoms with Gasteiger partial charge in [-0.3, -0.25) is 0 Å². The number of hydrogen-bond acceptors (Lipinski definition) is 4. The van der Waals surface area contributed by atoms with Gasteiger partial charge in [-0.1, -0.05) is 0 Å². The molecule has 0 radical (unpaired) electrons. The van der Waals surface area contributed by atoms with Crippen LogP contribution in [0.1, 0.15) is 22.0 Å². The van der Waals surface area contributed by atoms with E-state index in [0.717, 1.165) is 12.3 Å². The lowest BCUT2D eigenvalue weighted by molar-refractivity contribution is 0.0691. The van der Waals surface area contributed by atoms with Crippen molar-refractivity contribution in [1.29, 1.82) is 0 Å². The number of carboxylic acid groups (broad SMARTS) is 1. The predicted molar refractivity (Wildman–Crippen MR) is 65.2 cm³/mol. The lowest BCUT2D eigenvalue weighted by atomic mass is 10.4. The van der Waals surface area contributed by atoms with Crippen LogP contribution in [0, 0.1) is 6.92 Å². The molecule has 102 valence electrons. The van der Waals surface area contributed by atoms with Crippen LogP contribution in [0.15, 0.2) is 33.7 Å². The highest BCUT2D eigenvalue weighted by Gasteiger charge is 2.18. The van der Waals surface area contributed by atoms with Crippen LogP contribution in [0.4, 0.5) is 0 Å². The lowest BCUT2D eigenvalue weighted by Crippen LogP contribution is -2.22. The molecule has 0 spiro atoms. The number of sulfonamides is 1. The fourth-order valence-corrected chi connectivity index (χ4v) is 2.47. The maximum Gasteiger partial charge on any atom is 0.352 e. The second kappa shape index (κ2) is 4.90. The standard InChI is InChI=1S/C11H12N2O5S/c1-7-2-3-8(18-7)5-13-19(16,17)9-4-10(11(14)15)12-6-9/h2-4,6,12-13H,5H2,1H3,(H,14,15). The van der Waals surface area contributed by atoms with E-state index in [1.54, 1.807) is 19.1 Å². The van der Waals surface area contributed by atoms with Gasteiger partial charge in [0.1, 0.15) is 22.1 Å². The molecule has 8 heteroatoms. The van der Waals surface area contributed by atoms with Crippen molar-refractivity contribution in [2.75, 3.05) is 0 Å². The summed E-state index contributed by atoms with van der Waals surface area (Å²) in [6.07, 6.45) is 1.12. The number of furan rings is 1. The molecule has 0 aliphatic rings. The Morgan fingerprint density at radius 3 is 2.74 bits per heavy atom. The average molecular weight is 284 g/mol. The molecule has 0 saturated carbocycles. The van der Waals surface area contributed by atoms with E-state index < -0.39 is 16.0 Å². The lowest BCUT2D eigenvalue weighted by Gasteiger charge is -2.02. The van der Waals surface area contributed by atoms with E-state index in [2.05, 4.69) is 9.71 Å². The Kier molecular flexibility index (Phi) is 3.45. The highest BCUT2D eigenvalue weighted by molar-refractivity contribution is 7.89. The van der Waals surface area contributed by atoms with Crippen molar-refractivity contribution in [3.63, 3.8) is 0 Å². The SMILES string of the molecule is Cc1ccc(CNS(=O)(=O)c2c[nH]c(C(=O)O)c2)o1. The first kappa shape index (κ1) is 13.4. The van der Waals surface area contributed by atoms with Crippen molar-refractivity contribution in [3.8, 4) is 0 Å². The summed E-state index contributed by atoms with van der Waals surface area (Å²) in [6, 6.07) is 4.44. The van der Waals surface area contributed by atoms with E-state index in [4.69, 9.17) is 9.52 Å². The Morgan fingerprint density at radius 1 is 1.47 bits per heavy atom. The first-order chi connectivity index (χ1) is 8.88. The van der Waals surface area contributed by atoms with Crippen molar-refractivity contribution in [2.45, 2.75) is 18.4 Å². The summed E-state index contributed by atoms with van der Waals surface area (Å²) >= 11 is 0. The molecule has 2 heterocycles. The van der Waals surface area contributed by atoms with E-state index in [9.17, 15) is 13.2 Å². The van der Waals surface area contributed by atoms with E-state index in [0.29, 0.717) is 11.5 Å². The Hall–Kier alpha value is -2.06. The molecular formula is C11H12N2O5S. The number of carbonyl (C=O) groups is 1. The minimum atomic E-state index is -3.77. The van der Waals surface area contributed by atoms with E-state index in [1.165, 1.54) is 0 Å². The number of carboxylic acids is 1. The molecule has 2 aromatic heterocycles. The zero-order chi connectivity index (χ0) is 14.0. The summed E-state index contributed by atoms with van der Waals surface area (Å²) in [5.74, 6) is -0.0535. The molecule has 0 bridgehead atoms. The van der Waals surface area contributed by atoms with Crippen molar-refractivity contribution >= 4 is 16.0 Å². The predicted octanol–water partition coefficient (Wildman–Crippen LogP) is 1.09. The van der Waals surface area contributed by atoms with Crippen LogP contribution < -0.4 is 4.72 Å². The average Bonchev–Trinajstić information content (AvgIpc) is 2.95. The monoisotopic (exact) mass is 284 g/mol. The highest BCUT2D eigenvalue weighted by atomic mass is 32.2. The molecule has 0 saturated heterocycles. The number of H-pyrrole nitrogens is 1. The van der Waals surface area contributed by atoms with Gasteiger partial charge in [0.05, 0.1) is 6.54 Å². The van der Waals surface area contributed by atoms with Gasteiger partial charge >= 0.3 is 5.97 Å². The molecule has 0 aliphatic heterocycles. The molecule has 0 fully saturated rings. The van der Waals surface area contributed by atoms with Crippen molar-refractivity contribution in [2.24, 2.45) is 0 Å². The number of aryl methyl sites for hydroxylation is 1. The van der Waals surface area contributed by atoms with E-state index in [1.807, 2.05) is 0 Å². The molecule has 0 amide bonds. The number of aromatic nitrogens is 1. The number of hydrogen-bond donors (Lipinski definition) is 3. The molecule has 0 aromatic carbocycles. The molecule has 0 unspecified atom stereocenters. The van der Waals surface area contributed by atoms with Gasteiger partial charge in [-0.2, -0.15) is 0 Å². The zero-order valence-electron chi connectivity index (χ0n) is 10.0. The van der Waals surface area contributed by atoms with Crippen molar-refractivity contribution in [3.05, 3.63) is 41.6 Å². The summed E-state index contributed by atoms with van der Waals surface area (Å²) in [5.41, 5.74) is -0.186. The second-order valence-electron chi connectivity index (χ2n) is 3.89. The number of aromatic carboxylic acids is 1. The van der Waals surface area contributed by atoms with Gasteiger partial charge in [0, 0.05) is 6.20 Å². The molecule has 2 rings (SSSR count). The van der Waals surface area contributed by atoms with Crippen LogP contribution in [-0.4, -0.2) is 24.5 Å². The molecule has 2 aromatic rings. The van der Waals surface area contributed by atoms with E-state index >= 15 is 0 Å². The number of rotatable bonds is 5. The molecule has 7 nitrogen and oxygen atoms in total. The van der Waals surface area contributed by atoms with Crippen LogP contribution in [0.2, 0.25) is 0 Å². The summed E-state index contributed by atoms with van der Waals surface area (Å²) in [7, 11) is -3.77. The summed E-state index contributed by atoms with van der Waals surface area (Å²) in [6.45, 7) is 1.76. The highest BCUT2D eigenvalue weighted by Crippen LogP contribution is 2.12. The molecule has 0 atom stereocenters. The van der Waals surface area contributed by atoms with Gasteiger partial charge in [0.2, 0.25) is 10.0 Å². The second-order valence-corrected chi connectivity index (χ2v) is 5.66. The third-order valence-corrected chi connectivity index (χ3v) is 3.81. The van der Waals surface area contributed by atoms with Gasteiger partial charge < -0.3 is 14.5 Å². The first-order valence-electron chi connectivity index (χ1n) is 5.35. The molecule has 0 aliphatic carbocycles. The van der Waals surface area contributed by atoms with Crippen LogP contribution in [0.5, 0.6) is 0 Å². The van der Waals surface area contributed by atoms with Crippen molar-refractivity contribution < 1.29 is 22.7 Å². The van der Waals surface area contributed by atoms with Crippen LogP contribution in [-0.2, 0) is 16.6 Å². The van der Waals surface area contributed by atoms with E-state index in [-0.39, 0.29) is 17.1 Å². The van der Waals surface area contributed by atoms with Crippen LogP contribution in [0.25, 0.3) is 0 Å². The Morgan fingerprint density at radius 2 is 2.21 bits per heavy atom. The Balaban J connectivity index is 2.11. The third-order valence-electron chi connectivity index (χ3n) is 2.43. The van der Waals surface area contributed by atoms with Gasteiger partial charge in [-0.15, -0.1) is 0 Å². The topological polar surface area (TPSA) is 112 Å². The largest absolute Gasteiger partial charge is 0.477 e. The smallest absolute Gasteiger partial charge is 0.352 e. The van der Waals surface area contributed by atoms with Crippen LogP contribution >= 0.6 is 0 Å². The maximum atomic E-state index is 11.9. The Labute approximate surface area is 109 Å². The minimum Gasteiger partial charge on any atom is -0.477 e. The molecular weight excluding hydrogens is 272 g/mol. The number of aromatic amines is 1. The van der Waals surface area contributed by atoms with Gasteiger partial charge in [0.25, 0.3) is 0 Å². The maximum absolute atomic E-state index is 11.9. The summed E-state index contributed by atoms with van der Waals surface area (Å²) in [5, 5.41) is 8.71. The minimum absolute atomic E-state index is 0.00373. The van der Waals surface area contributed by atoms with Gasteiger partial charge in [-0.25, -0.2) is 17.9 Å². The first-order valence-corrected chi connectivity index (χ1v) is 6.83. The fraction of sp³-hybridized carbons (Fsp3) is 0.182. The third kappa shape index (κ3) is 3.04. The quantitative estimate of drug-likeness (QED) is 0.760. The van der Waals surface area contributed by atoms with Crippen molar-refractivity contribution in [1.82, 2.24) is 9.71 Å². The summed E-state index contributed by atoms with van der Waals surface area (Å²) in [4.78, 5) is 12.9. The van der Waals surface area contributed by atoms with Gasteiger partial charge in [-0.05, 0) is 25.1 Å². The Bertz CT molecular complexity index is 698. The van der Waals surface area contributed by atoms with Crippen LogP contribution in [0.3, 0.4) is 0 Å². The normalized spacial score (nSPS) is 11.6. The molecule has 3 N–H and O–H groups in total. The zero-order valence-corrected chi connectivity index (χ0v) is 10.8. The number of nitrogens with one attached hydrogen (secondary N) is 2. The van der Waals surface area contributed by atoms with Gasteiger partial charge in [0.15, 0.2) is 0 Å².